The average Bonchev–Trinajstić information content (AvgIpc) is 2.58. The lowest BCUT2D eigenvalue weighted by molar-refractivity contribution is 0.122. The van der Waals surface area contributed by atoms with E-state index < -0.39 is 5.82 Å². The number of ether oxygens (including phenoxy) is 1. The Balaban J connectivity index is 1.61. The topological polar surface area (TPSA) is 63.2 Å². The molecule has 3 rings (SSSR count). The van der Waals surface area contributed by atoms with Crippen LogP contribution < -0.4 is 10.2 Å². The van der Waals surface area contributed by atoms with E-state index in [1.54, 1.807) is 6.20 Å². The van der Waals surface area contributed by atoms with Crippen LogP contribution in [0.15, 0.2) is 30.6 Å². The first-order valence-corrected chi connectivity index (χ1v) is 7.32. The summed E-state index contributed by atoms with van der Waals surface area (Å²) in [5, 5.41) is 3.11. The zero-order chi connectivity index (χ0) is 15.2. The minimum Gasteiger partial charge on any atom is -0.378 e. The second-order valence-corrected chi connectivity index (χ2v) is 4.96. The van der Waals surface area contributed by atoms with Crippen LogP contribution in [-0.2, 0) is 11.2 Å². The smallest absolute Gasteiger partial charge is 0.224 e. The van der Waals surface area contributed by atoms with Gasteiger partial charge in [-0.05, 0) is 12.1 Å². The van der Waals surface area contributed by atoms with E-state index in [0.29, 0.717) is 44.6 Å². The molecule has 7 heteroatoms. The van der Waals surface area contributed by atoms with Crippen LogP contribution in [0.2, 0.25) is 0 Å². The number of hydrogen-bond acceptors (Lipinski definition) is 6. The van der Waals surface area contributed by atoms with E-state index in [0.717, 1.165) is 12.1 Å². The van der Waals surface area contributed by atoms with Crippen LogP contribution in [0.4, 0.5) is 16.2 Å². The Kier molecular flexibility index (Phi) is 4.75. The van der Waals surface area contributed by atoms with Crippen molar-refractivity contribution in [3.8, 4) is 0 Å². The third-order valence-corrected chi connectivity index (χ3v) is 3.43. The molecule has 1 saturated heterocycles. The van der Waals surface area contributed by atoms with Gasteiger partial charge in [0.2, 0.25) is 5.95 Å². The summed E-state index contributed by atoms with van der Waals surface area (Å²) in [6.45, 7) is 3.10. The first-order chi connectivity index (χ1) is 10.8. The number of morpholine rings is 1. The molecular formula is C15H18FN5O. The summed E-state index contributed by atoms with van der Waals surface area (Å²) >= 11 is 0. The normalized spacial score (nSPS) is 14.9. The fourth-order valence-corrected chi connectivity index (χ4v) is 2.29. The van der Waals surface area contributed by atoms with Gasteiger partial charge in [0.15, 0.2) is 11.6 Å². The summed E-state index contributed by atoms with van der Waals surface area (Å²) in [6.07, 6.45) is 3.73. The highest BCUT2D eigenvalue weighted by atomic mass is 19.1. The van der Waals surface area contributed by atoms with Crippen LogP contribution in [0.5, 0.6) is 0 Å². The third-order valence-electron chi connectivity index (χ3n) is 3.43. The SMILES string of the molecule is Fc1cnc(NCCc2ccccn2)nc1N1CCOCC1. The van der Waals surface area contributed by atoms with E-state index in [1.807, 2.05) is 23.1 Å². The van der Waals surface area contributed by atoms with Crippen molar-refractivity contribution in [1.29, 1.82) is 0 Å². The molecule has 0 spiro atoms. The molecule has 0 aliphatic carbocycles. The number of aromatic nitrogens is 3. The van der Waals surface area contributed by atoms with E-state index in [1.165, 1.54) is 6.20 Å². The number of rotatable bonds is 5. The summed E-state index contributed by atoms with van der Waals surface area (Å²) in [7, 11) is 0. The van der Waals surface area contributed by atoms with Crippen LogP contribution in [0.3, 0.4) is 0 Å². The second kappa shape index (κ2) is 7.13. The maximum Gasteiger partial charge on any atom is 0.224 e. The molecule has 0 saturated carbocycles. The highest BCUT2D eigenvalue weighted by molar-refractivity contribution is 5.44. The van der Waals surface area contributed by atoms with Gasteiger partial charge in [0.1, 0.15) is 0 Å². The van der Waals surface area contributed by atoms with E-state index in [4.69, 9.17) is 4.74 Å². The first kappa shape index (κ1) is 14.6. The van der Waals surface area contributed by atoms with Crippen LogP contribution in [0, 0.1) is 5.82 Å². The van der Waals surface area contributed by atoms with Crippen LogP contribution >= 0.6 is 0 Å². The Morgan fingerprint density at radius 1 is 1.23 bits per heavy atom. The molecule has 0 unspecified atom stereocenters. The molecule has 0 bridgehead atoms. The standard InChI is InChI=1S/C15H18FN5O/c16-13-11-19-15(18-6-4-12-3-1-2-5-17-12)20-14(13)21-7-9-22-10-8-21/h1-3,5,11H,4,6-10H2,(H,18,19,20). The molecule has 0 aromatic carbocycles. The molecule has 1 fully saturated rings. The number of nitrogens with one attached hydrogen (secondary N) is 1. The van der Waals surface area contributed by atoms with Gasteiger partial charge in [-0.1, -0.05) is 6.07 Å². The monoisotopic (exact) mass is 303 g/mol. The van der Waals surface area contributed by atoms with Gasteiger partial charge < -0.3 is 15.0 Å². The Labute approximate surface area is 128 Å². The number of pyridine rings is 1. The lowest BCUT2D eigenvalue weighted by atomic mass is 10.3. The van der Waals surface area contributed by atoms with Gasteiger partial charge in [0.05, 0.1) is 19.4 Å². The molecule has 1 N–H and O–H groups in total. The van der Waals surface area contributed by atoms with E-state index in [9.17, 15) is 4.39 Å². The van der Waals surface area contributed by atoms with Crippen molar-refractivity contribution in [2.45, 2.75) is 6.42 Å². The molecule has 0 radical (unpaired) electrons. The number of anilines is 2. The molecule has 6 nitrogen and oxygen atoms in total. The van der Waals surface area contributed by atoms with Gasteiger partial charge >= 0.3 is 0 Å². The fraction of sp³-hybridized carbons (Fsp3) is 0.400. The molecule has 0 atom stereocenters. The highest BCUT2D eigenvalue weighted by Gasteiger charge is 2.17. The van der Waals surface area contributed by atoms with Gasteiger partial charge in [0, 0.05) is 37.9 Å². The van der Waals surface area contributed by atoms with E-state index in [2.05, 4.69) is 20.3 Å². The zero-order valence-corrected chi connectivity index (χ0v) is 12.2. The Hall–Kier alpha value is -2.28. The van der Waals surface area contributed by atoms with Crippen molar-refractivity contribution in [3.63, 3.8) is 0 Å². The van der Waals surface area contributed by atoms with Gasteiger partial charge in [-0.2, -0.15) is 4.98 Å². The average molecular weight is 303 g/mol. The second-order valence-electron chi connectivity index (χ2n) is 4.96. The molecule has 3 heterocycles. The van der Waals surface area contributed by atoms with Crippen LogP contribution in [0.25, 0.3) is 0 Å². The van der Waals surface area contributed by atoms with Gasteiger partial charge in [0.25, 0.3) is 0 Å². The minimum absolute atomic E-state index is 0.332. The van der Waals surface area contributed by atoms with Crippen molar-refractivity contribution < 1.29 is 9.13 Å². The number of halogens is 1. The summed E-state index contributed by atoms with van der Waals surface area (Å²) in [5.41, 5.74) is 0.991. The maximum atomic E-state index is 13.9. The molecule has 22 heavy (non-hydrogen) atoms. The van der Waals surface area contributed by atoms with Gasteiger partial charge in [-0.25, -0.2) is 9.37 Å². The summed E-state index contributed by atoms with van der Waals surface area (Å²) in [6, 6.07) is 5.80. The van der Waals surface area contributed by atoms with Crippen molar-refractivity contribution >= 4 is 11.8 Å². The Morgan fingerprint density at radius 3 is 2.86 bits per heavy atom. The molecule has 2 aromatic rings. The third kappa shape index (κ3) is 3.67. The Bertz CT molecular complexity index is 604. The zero-order valence-electron chi connectivity index (χ0n) is 12.2. The van der Waals surface area contributed by atoms with Crippen LogP contribution in [-0.4, -0.2) is 47.8 Å². The summed E-state index contributed by atoms with van der Waals surface area (Å²) < 4.78 is 19.2. The van der Waals surface area contributed by atoms with Gasteiger partial charge in [-0.15, -0.1) is 0 Å². The molecular weight excluding hydrogens is 285 g/mol. The van der Waals surface area contributed by atoms with Crippen LogP contribution in [0.1, 0.15) is 5.69 Å². The van der Waals surface area contributed by atoms with Crippen molar-refractivity contribution in [2.75, 3.05) is 43.1 Å². The largest absolute Gasteiger partial charge is 0.378 e. The lowest BCUT2D eigenvalue weighted by Crippen LogP contribution is -2.37. The molecule has 116 valence electrons. The Morgan fingerprint density at radius 2 is 2.09 bits per heavy atom. The predicted octanol–water partition coefficient (Wildman–Crippen LogP) is 1.50. The van der Waals surface area contributed by atoms with Crippen molar-refractivity contribution in [1.82, 2.24) is 15.0 Å². The van der Waals surface area contributed by atoms with Gasteiger partial charge in [-0.3, -0.25) is 4.98 Å². The van der Waals surface area contributed by atoms with E-state index in [-0.39, 0.29) is 0 Å². The van der Waals surface area contributed by atoms with Crippen molar-refractivity contribution in [2.24, 2.45) is 0 Å². The quantitative estimate of drug-likeness (QED) is 0.903. The summed E-state index contributed by atoms with van der Waals surface area (Å²) in [4.78, 5) is 14.4. The highest BCUT2D eigenvalue weighted by Crippen LogP contribution is 2.18. The molecule has 0 amide bonds. The molecule has 1 aliphatic heterocycles. The minimum atomic E-state index is -0.405. The molecule has 1 aliphatic rings. The predicted molar refractivity (Wildman–Crippen MR) is 81.5 cm³/mol. The first-order valence-electron chi connectivity index (χ1n) is 7.32. The fourth-order valence-electron chi connectivity index (χ4n) is 2.29. The van der Waals surface area contributed by atoms with Crippen molar-refractivity contribution in [3.05, 3.63) is 42.1 Å². The van der Waals surface area contributed by atoms with E-state index >= 15 is 0 Å². The number of hydrogen-bond donors (Lipinski definition) is 1. The maximum absolute atomic E-state index is 13.9. The molecule has 2 aromatic heterocycles. The summed E-state index contributed by atoms with van der Waals surface area (Å²) in [5.74, 6) is 0.356. The number of nitrogens with zero attached hydrogens (tertiary/aromatic N) is 4. The lowest BCUT2D eigenvalue weighted by Gasteiger charge is -2.28.